The van der Waals surface area contributed by atoms with E-state index in [1.54, 1.807) is 13.1 Å². The number of hydrogen-bond donors (Lipinski definition) is 2. The van der Waals surface area contributed by atoms with E-state index in [4.69, 9.17) is 16.7 Å². The third-order valence-electron chi connectivity index (χ3n) is 2.37. The molecule has 0 aromatic carbocycles. The molecule has 0 radical (unpaired) electrons. The predicted octanol–water partition coefficient (Wildman–Crippen LogP) is 2.58. The molecule has 1 rings (SSSR count). The van der Waals surface area contributed by atoms with E-state index in [-0.39, 0.29) is 25.0 Å². The van der Waals surface area contributed by atoms with E-state index in [2.05, 4.69) is 5.32 Å². The molecular weight excluding hydrogens is 276 g/mol. The molecule has 1 aromatic heterocycles. The molecule has 0 aliphatic heterocycles. The Morgan fingerprint density at radius 1 is 1.56 bits per heavy atom. The third kappa shape index (κ3) is 4.54. The third-order valence-corrected chi connectivity index (χ3v) is 3.78. The number of rotatable bonds is 5. The number of hydrogen-bond acceptors (Lipinski definition) is 3. The highest BCUT2D eigenvalue weighted by atomic mass is 35.5. The first-order valence-electron chi connectivity index (χ1n) is 5.39. The van der Waals surface area contributed by atoms with Gasteiger partial charge in [0.1, 0.15) is 0 Å². The molecule has 0 saturated carbocycles. The molecule has 1 atom stereocenters. The van der Waals surface area contributed by atoms with Gasteiger partial charge in [0.05, 0.1) is 16.8 Å². The van der Waals surface area contributed by atoms with Crippen molar-refractivity contribution in [3.8, 4) is 0 Å². The second kappa shape index (κ2) is 6.61. The van der Waals surface area contributed by atoms with Crippen LogP contribution in [0.3, 0.4) is 0 Å². The summed E-state index contributed by atoms with van der Waals surface area (Å²) < 4.78 is 0.672. The van der Waals surface area contributed by atoms with Crippen molar-refractivity contribution in [3.63, 3.8) is 0 Å². The number of urea groups is 1. The summed E-state index contributed by atoms with van der Waals surface area (Å²) in [6.45, 7) is 2.03. The first-order chi connectivity index (χ1) is 8.40. The summed E-state index contributed by atoms with van der Waals surface area (Å²) in [7, 11) is 1.56. The topological polar surface area (TPSA) is 69.6 Å². The first kappa shape index (κ1) is 14.8. The highest BCUT2D eigenvalue weighted by Crippen LogP contribution is 2.26. The summed E-state index contributed by atoms with van der Waals surface area (Å²) in [4.78, 5) is 24.4. The Morgan fingerprint density at radius 2 is 2.22 bits per heavy atom. The second-order valence-corrected chi connectivity index (χ2v) is 5.63. The van der Waals surface area contributed by atoms with Crippen molar-refractivity contribution in [2.75, 3.05) is 13.6 Å². The number of carboxylic acids is 1. The Bertz CT molecular complexity index is 436. The number of nitrogens with one attached hydrogen (secondary N) is 1. The molecule has 0 bridgehead atoms. The largest absolute Gasteiger partial charge is 0.481 e. The Hall–Kier alpha value is -1.27. The van der Waals surface area contributed by atoms with Crippen molar-refractivity contribution in [1.82, 2.24) is 10.2 Å². The van der Waals surface area contributed by atoms with Crippen LogP contribution in [-0.2, 0) is 4.79 Å². The van der Waals surface area contributed by atoms with Crippen LogP contribution in [0.15, 0.2) is 12.1 Å². The van der Waals surface area contributed by atoms with Gasteiger partial charge in [-0.1, -0.05) is 11.6 Å². The van der Waals surface area contributed by atoms with Crippen molar-refractivity contribution in [2.24, 2.45) is 0 Å². The molecule has 0 aliphatic carbocycles. The van der Waals surface area contributed by atoms with E-state index in [1.807, 2.05) is 13.0 Å². The number of carbonyl (C=O) groups excluding carboxylic acids is 1. The molecule has 7 heteroatoms. The molecule has 1 unspecified atom stereocenters. The number of aliphatic carboxylic acids is 1. The van der Waals surface area contributed by atoms with E-state index in [0.29, 0.717) is 4.34 Å². The molecule has 2 amide bonds. The standard InChI is InChI=1S/C11H15ClN2O3S/c1-7(8-3-4-9(12)18-8)13-11(17)14(2)6-5-10(15)16/h3-4,7H,5-6H2,1-2H3,(H,13,17)(H,15,16). The molecule has 18 heavy (non-hydrogen) atoms. The maximum absolute atomic E-state index is 11.7. The first-order valence-corrected chi connectivity index (χ1v) is 6.58. The van der Waals surface area contributed by atoms with Gasteiger partial charge >= 0.3 is 12.0 Å². The summed E-state index contributed by atoms with van der Waals surface area (Å²) >= 11 is 7.22. The van der Waals surface area contributed by atoms with E-state index in [0.717, 1.165) is 4.88 Å². The summed E-state index contributed by atoms with van der Waals surface area (Å²) in [5.41, 5.74) is 0. The molecular formula is C11H15ClN2O3S. The van der Waals surface area contributed by atoms with Gasteiger partial charge in [-0.2, -0.15) is 0 Å². The van der Waals surface area contributed by atoms with Crippen LogP contribution < -0.4 is 5.32 Å². The van der Waals surface area contributed by atoms with Crippen LogP contribution in [0.4, 0.5) is 4.79 Å². The van der Waals surface area contributed by atoms with E-state index in [9.17, 15) is 9.59 Å². The molecule has 100 valence electrons. The zero-order chi connectivity index (χ0) is 13.7. The molecule has 2 N–H and O–H groups in total. The van der Waals surface area contributed by atoms with E-state index < -0.39 is 5.97 Å². The van der Waals surface area contributed by atoms with Crippen LogP contribution in [0, 0.1) is 0 Å². The van der Waals surface area contributed by atoms with Crippen molar-refractivity contribution >= 4 is 34.9 Å². The molecule has 1 heterocycles. The van der Waals surface area contributed by atoms with Crippen LogP contribution >= 0.6 is 22.9 Å². The lowest BCUT2D eigenvalue weighted by Gasteiger charge is -2.20. The highest BCUT2D eigenvalue weighted by Gasteiger charge is 2.15. The van der Waals surface area contributed by atoms with Gasteiger partial charge in [0.25, 0.3) is 0 Å². The fraction of sp³-hybridized carbons (Fsp3) is 0.455. The highest BCUT2D eigenvalue weighted by molar-refractivity contribution is 7.16. The maximum atomic E-state index is 11.7. The van der Waals surface area contributed by atoms with Crippen molar-refractivity contribution in [2.45, 2.75) is 19.4 Å². The molecule has 0 spiro atoms. The smallest absolute Gasteiger partial charge is 0.317 e. The Kier molecular flexibility index (Phi) is 5.43. The van der Waals surface area contributed by atoms with Crippen molar-refractivity contribution < 1.29 is 14.7 Å². The lowest BCUT2D eigenvalue weighted by molar-refractivity contribution is -0.137. The Balaban J connectivity index is 2.46. The van der Waals surface area contributed by atoms with Crippen LogP contribution in [0.25, 0.3) is 0 Å². The van der Waals surface area contributed by atoms with Crippen LogP contribution in [0.1, 0.15) is 24.3 Å². The Labute approximate surface area is 114 Å². The monoisotopic (exact) mass is 290 g/mol. The van der Waals surface area contributed by atoms with Gasteiger partial charge in [-0.3, -0.25) is 4.79 Å². The fourth-order valence-corrected chi connectivity index (χ4v) is 2.36. The SMILES string of the molecule is CC(NC(=O)N(C)CCC(=O)O)c1ccc(Cl)s1. The lowest BCUT2D eigenvalue weighted by Crippen LogP contribution is -2.39. The number of thiophene rings is 1. The number of halogens is 1. The summed E-state index contributed by atoms with van der Waals surface area (Å²) in [6.07, 6.45) is -0.0663. The molecule has 0 saturated heterocycles. The van der Waals surface area contributed by atoms with Gasteiger partial charge in [0.2, 0.25) is 0 Å². The van der Waals surface area contributed by atoms with Gasteiger partial charge in [-0.15, -0.1) is 11.3 Å². The van der Waals surface area contributed by atoms with Crippen molar-refractivity contribution in [1.29, 1.82) is 0 Å². The van der Waals surface area contributed by atoms with Gasteiger partial charge in [-0.25, -0.2) is 4.79 Å². The fourth-order valence-electron chi connectivity index (χ4n) is 1.29. The average molecular weight is 291 g/mol. The van der Waals surface area contributed by atoms with Gasteiger partial charge in [-0.05, 0) is 19.1 Å². The van der Waals surface area contributed by atoms with E-state index in [1.165, 1.54) is 16.2 Å². The summed E-state index contributed by atoms with van der Waals surface area (Å²) in [6, 6.07) is 3.18. The molecule has 1 aromatic rings. The number of nitrogens with zero attached hydrogens (tertiary/aromatic N) is 1. The van der Waals surface area contributed by atoms with Crippen LogP contribution in [-0.4, -0.2) is 35.6 Å². The zero-order valence-electron chi connectivity index (χ0n) is 10.1. The Morgan fingerprint density at radius 3 is 2.72 bits per heavy atom. The minimum Gasteiger partial charge on any atom is -0.481 e. The zero-order valence-corrected chi connectivity index (χ0v) is 11.7. The predicted molar refractivity (Wildman–Crippen MR) is 71.2 cm³/mol. The molecule has 0 fully saturated rings. The quantitative estimate of drug-likeness (QED) is 0.875. The van der Waals surface area contributed by atoms with E-state index >= 15 is 0 Å². The minimum absolute atomic E-state index is 0.0663. The summed E-state index contributed by atoms with van der Waals surface area (Å²) in [5, 5.41) is 11.3. The normalized spacial score (nSPS) is 11.9. The lowest BCUT2D eigenvalue weighted by atomic mass is 10.3. The van der Waals surface area contributed by atoms with Gasteiger partial charge in [0, 0.05) is 18.5 Å². The van der Waals surface area contributed by atoms with Crippen molar-refractivity contribution in [3.05, 3.63) is 21.3 Å². The molecule has 5 nitrogen and oxygen atoms in total. The number of carbonyl (C=O) groups is 2. The van der Waals surface area contributed by atoms with Gasteiger partial charge in [0.15, 0.2) is 0 Å². The maximum Gasteiger partial charge on any atom is 0.317 e. The summed E-state index contributed by atoms with van der Waals surface area (Å²) in [5.74, 6) is -0.923. The van der Waals surface area contributed by atoms with Crippen LogP contribution in [0.2, 0.25) is 4.34 Å². The number of carboxylic acid groups (broad SMARTS) is 1. The minimum atomic E-state index is -0.923. The molecule has 0 aliphatic rings. The van der Waals surface area contributed by atoms with Crippen LogP contribution in [0.5, 0.6) is 0 Å². The second-order valence-electron chi connectivity index (χ2n) is 3.88. The van der Waals surface area contributed by atoms with Gasteiger partial charge < -0.3 is 15.3 Å². The average Bonchev–Trinajstić information content (AvgIpc) is 2.72. The number of amides is 2.